The van der Waals surface area contributed by atoms with Crippen LogP contribution in [0, 0.1) is 18.2 Å². The van der Waals surface area contributed by atoms with E-state index < -0.39 is 29.1 Å². The van der Waals surface area contributed by atoms with Crippen molar-refractivity contribution in [2.75, 3.05) is 10.6 Å². The molecule has 3 rings (SSSR count). The summed E-state index contributed by atoms with van der Waals surface area (Å²) in [6.45, 7) is 7.85. The largest absolute Gasteiger partial charge is 0.432 e. The quantitative estimate of drug-likeness (QED) is 0.143. The summed E-state index contributed by atoms with van der Waals surface area (Å²) in [6, 6.07) is 9.49. The summed E-state index contributed by atoms with van der Waals surface area (Å²) < 4.78 is 55.2. The van der Waals surface area contributed by atoms with Gasteiger partial charge in [0.25, 0.3) is 0 Å². The highest BCUT2D eigenvalue weighted by Gasteiger charge is 2.37. The molecule has 0 aliphatic heterocycles. The van der Waals surface area contributed by atoms with Crippen molar-refractivity contribution in [2.24, 2.45) is 0 Å². The van der Waals surface area contributed by atoms with Crippen molar-refractivity contribution in [3.05, 3.63) is 101 Å². The molecule has 0 bridgehead atoms. The van der Waals surface area contributed by atoms with Crippen LogP contribution < -0.4 is 10.6 Å². The fourth-order valence-corrected chi connectivity index (χ4v) is 3.73. The summed E-state index contributed by atoms with van der Waals surface area (Å²) in [5, 5.41) is 12.3. The van der Waals surface area contributed by atoms with Crippen molar-refractivity contribution < 1.29 is 17.6 Å². The maximum Gasteiger partial charge on any atom is 0.432 e. The number of hydrogen-bond acceptors (Lipinski definition) is 4. The van der Waals surface area contributed by atoms with E-state index in [2.05, 4.69) is 28.8 Å². The Labute approximate surface area is 201 Å². The molecule has 0 unspecified atom stereocenters. The Hall–Kier alpha value is -3.88. The van der Waals surface area contributed by atoms with Crippen LogP contribution in [-0.4, -0.2) is 22.4 Å². The van der Waals surface area contributed by atoms with Crippen LogP contribution in [0.5, 0.6) is 0 Å². The summed E-state index contributed by atoms with van der Waals surface area (Å²) in [6.07, 6.45) is 1.54. The average Bonchev–Trinajstić information content (AvgIpc) is 3.15. The molecule has 184 valence electrons. The van der Waals surface area contributed by atoms with Crippen LogP contribution in [0.1, 0.15) is 35.7 Å². The Kier molecular flexibility index (Phi) is 8.11. The molecule has 4 N–H and O–H groups in total. The lowest BCUT2D eigenvalue weighted by atomic mass is 9.99. The average molecular weight is 486 g/mol. The minimum Gasteiger partial charge on any atom is -0.365 e. The second kappa shape index (κ2) is 11.0. The number of allylic oxidation sites excluding steroid dienone is 2. The molecular weight excluding hydrogens is 458 g/mol. The standard InChI is InChI=1S/C26H27F4N5/c1-4-6-21-16(2)33-15-19(21)13-18-8-10-20(11-9-18)34-17(3)22(14-31)24(26(28,29)30)35-25-23(27)7-5-12-32-25/h5,7-12,14-15,31,33-34H,3-4,6,13H2,1-2H3,(H,32,35)/b24-22+,31-14?. The second-order valence-electron chi connectivity index (χ2n) is 8.03. The van der Waals surface area contributed by atoms with Crippen molar-refractivity contribution in [3.63, 3.8) is 0 Å². The van der Waals surface area contributed by atoms with Crippen LogP contribution in [0.25, 0.3) is 0 Å². The van der Waals surface area contributed by atoms with E-state index in [0.29, 0.717) is 11.9 Å². The first-order chi connectivity index (χ1) is 16.6. The minimum atomic E-state index is -4.91. The zero-order valence-corrected chi connectivity index (χ0v) is 19.5. The molecule has 0 radical (unpaired) electrons. The molecule has 0 saturated heterocycles. The van der Waals surface area contributed by atoms with Gasteiger partial charge in [0, 0.05) is 41.3 Å². The van der Waals surface area contributed by atoms with Crippen molar-refractivity contribution in [1.82, 2.24) is 9.97 Å². The fraction of sp³-hybridized carbons (Fsp3) is 0.231. The lowest BCUT2D eigenvalue weighted by Gasteiger charge is -2.19. The number of anilines is 2. The normalized spacial score (nSPS) is 12.2. The van der Waals surface area contributed by atoms with Crippen molar-refractivity contribution in [3.8, 4) is 0 Å². The third kappa shape index (κ3) is 6.38. The first-order valence-corrected chi connectivity index (χ1v) is 11.0. The smallest absolute Gasteiger partial charge is 0.365 e. The van der Waals surface area contributed by atoms with Gasteiger partial charge in [0.15, 0.2) is 11.6 Å². The van der Waals surface area contributed by atoms with Gasteiger partial charge >= 0.3 is 6.18 Å². The molecule has 0 aliphatic carbocycles. The van der Waals surface area contributed by atoms with Gasteiger partial charge in [-0.3, -0.25) is 0 Å². The van der Waals surface area contributed by atoms with Gasteiger partial charge < -0.3 is 21.0 Å². The first-order valence-electron chi connectivity index (χ1n) is 11.0. The number of rotatable bonds is 10. The zero-order valence-electron chi connectivity index (χ0n) is 19.5. The molecule has 0 fully saturated rings. The number of H-pyrrole nitrogens is 1. The summed E-state index contributed by atoms with van der Waals surface area (Å²) in [5.74, 6) is -1.55. The number of aryl methyl sites for hydroxylation is 1. The number of halogens is 4. The maximum atomic E-state index is 13.9. The Morgan fingerprint density at radius 1 is 1.17 bits per heavy atom. The summed E-state index contributed by atoms with van der Waals surface area (Å²) in [4.78, 5) is 6.87. The third-order valence-electron chi connectivity index (χ3n) is 5.47. The summed E-state index contributed by atoms with van der Waals surface area (Å²) >= 11 is 0. The van der Waals surface area contributed by atoms with Crippen molar-refractivity contribution >= 4 is 17.7 Å². The second-order valence-corrected chi connectivity index (χ2v) is 8.03. The first kappa shape index (κ1) is 25.7. The molecule has 0 spiro atoms. The van der Waals surface area contributed by atoms with Gasteiger partial charge in [-0.15, -0.1) is 0 Å². The van der Waals surface area contributed by atoms with Crippen LogP contribution in [-0.2, 0) is 12.8 Å². The molecule has 0 atom stereocenters. The minimum absolute atomic E-state index is 0.171. The molecule has 2 heterocycles. The van der Waals surface area contributed by atoms with E-state index in [-0.39, 0.29) is 5.70 Å². The van der Waals surface area contributed by atoms with E-state index in [1.807, 2.05) is 30.6 Å². The molecule has 35 heavy (non-hydrogen) atoms. The predicted octanol–water partition coefficient (Wildman–Crippen LogP) is 6.90. The molecular formula is C26H27F4N5. The van der Waals surface area contributed by atoms with Gasteiger partial charge in [0.05, 0.1) is 0 Å². The molecule has 3 aromatic rings. The Bertz CT molecular complexity index is 1220. The van der Waals surface area contributed by atoms with Gasteiger partial charge in [-0.05, 0) is 60.7 Å². The lowest BCUT2D eigenvalue weighted by Crippen LogP contribution is -2.24. The summed E-state index contributed by atoms with van der Waals surface area (Å²) in [5.41, 5.74) is 3.14. The molecule has 0 amide bonds. The van der Waals surface area contributed by atoms with Gasteiger partial charge in [0.1, 0.15) is 5.70 Å². The van der Waals surface area contributed by atoms with Crippen molar-refractivity contribution in [1.29, 1.82) is 5.41 Å². The molecule has 2 aromatic heterocycles. The van der Waals surface area contributed by atoms with Crippen LogP contribution in [0.4, 0.5) is 29.1 Å². The number of aromatic amines is 1. The number of alkyl halides is 3. The number of benzene rings is 1. The van der Waals surface area contributed by atoms with Crippen molar-refractivity contribution in [2.45, 2.75) is 39.3 Å². The zero-order chi connectivity index (χ0) is 25.6. The highest BCUT2D eigenvalue weighted by molar-refractivity contribution is 5.86. The van der Waals surface area contributed by atoms with Gasteiger partial charge in [0.2, 0.25) is 0 Å². The number of aromatic nitrogens is 2. The van der Waals surface area contributed by atoms with Crippen LogP contribution >= 0.6 is 0 Å². The SMILES string of the molecule is C=C(Nc1ccc(Cc2c[nH]c(C)c2CCC)cc1)/C(C=N)=C(/Nc1ncccc1F)C(F)(F)F. The monoisotopic (exact) mass is 485 g/mol. The van der Waals surface area contributed by atoms with E-state index in [0.717, 1.165) is 42.8 Å². The fourth-order valence-electron chi connectivity index (χ4n) is 3.73. The number of nitrogens with one attached hydrogen (secondary N) is 4. The van der Waals surface area contributed by atoms with Crippen LogP contribution in [0.3, 0.4) is 0 Å². The molecule has 0 aliphatic rings. The number of hydrogen-bond donors (Lipinski definition) is 4. The number of nitrogens with zero attached hydrogens (tertiary/aromatic N) is 1. The van der Waals surface area contributed by atoms with Crippen LogP contribution in [0.2, 0.25) is 0 Å². The van der Waals surface area contributed by atoms with Gasteiger partial charge in [-0.2, -0.15) is 13.2 Å². The highest BCUT2D eigenvalue weighted by atomic mass is 19.4. The van der Waals surface area contributed by atoms with Gasteiger partial charge in [-0.25, -0.2) is 9.37 Å². The van der Waals surface area contributed by atoms with Gasteiger partial charge in [-0.1, -0.05) is 32.1 Å². The molecule has 0 saturated carbocycles. The Morgan fingerprint density at radius 2 is 1.89 bits per heavy atom. The maximum absolute atomic E-state index is 13.9. The topological polar surface area (TPSA) is 76.6 Å². The molecule has 5 nitrogen and oxygen atoms in total. The lowest BCUT2D eigenvalue weighted by molar-refractivity contribution is -0.0906. The van der Waals surface area contributed by atoms with E-state index in [9.17, 15) is 17.6 Å². The van der Waals surface area contributed by atoms with E-state index in [1.165, 1.54) is 17.2 Å². The van der Waals surface area contributed by atoms with E-state index >= 15 is 0 Å². The van der Waals surface area contributed by atoms with Crippen LogP contribution in [0.15, 0.2) is 72.3 Å². The number of pyridine rings is 1. The highest BCUT2D eigenvalue weighted by Crippen LogP contribution is 2.32. The van der Waals surface area contributed by atoms with E-state index in [1.54, 1.807) is 12.1 Å². The Morgan fingerprint density at radius 3 is 2.49 bits per heavy atom. The summed E-state index contributed by atoms with van der Waals surface area (Å²) in [7, 11) is 0. The Balaban J connectivity index is 1.80. The molecule has 1 aromatic carbocycles. The predicted molar refractivity (Wildman–Crippen MR) is 131 cm³/mol. The molecule has 9 heteroatoms. The van der Waals surface area contributed by atoms with E-state index in [4.69, 9.17) is 5.41 Å². The third-order valence-corrected chi connectivity index (χ3v) is 5.47.